The van der Waals surface area contributed by atoms with Crippen LogP contribution in [0.2, 0.25) is 0 Å². The number of nitrogens with one attached hydrogen (secondary N) is 1. The summed E-state index contributed by atoms with van der Waals surface area (Å²) in [6.45, 7) is 2.44. The zero-order valence-corrected chi connectivity index (χ0v) is 12.5. The summed E-state index contributed by atoms with van der Waals surface area (Å²) in [5.74, 6) is 0. The molecule has 108 valence electrons. The summed E-state index contributed by atoms with van der Waals surface area (Å²) in [4.78, 5) is 4.40. The van der Waals surface area contributed by atoms with Crippen LogP contribution < -0.4 is 5.32 Å². The van der Waals surface area contributed by atoms with Gasteiger partial charge in [0.25, 0.3) is 0 Å². The predicted molar refractivity (Wildman–Crippen MR) is 80.6 cm³/mol. The topological polar surface area (TPSA) is 62.3 Å². The maximum absolute atomic E-state index is 12.7. The standard InChI is InChI=1S/C13H15N3O2S.ClH/c17-19(18,16-8-6-14-7-9-16)13-3-1-2-11-10-15-5-4-12(11)13;/h1-5,10,14H,6-9H2;1H. The van der Waals surface area contributed by atoms with Crippen molar-refractivity contribution < 1.29 is 8.42 Å². The second kappa shape index (κ2) is 6.05. The molecule has 0 atom stereocenters. The number of aromatic nitrogens is 1. The second-order valence-electron chi connectivity index (χ2n) is 4.51. The van der Waals surface area contributed by atoms with Gasteiger partial charge in [0, 0.05) is 49.3 Å². The molecule has 0 unspecified atom stereocenters. The molecule has 0 saturated carbocycles. The Hall–Kier alpha value is -1.21. The predicted octanol–water partition coefficient (Wildman–Crippen LogP) is 1.25. The summed E-state index contributed by atoms with van der Waals surface area (Å²) in [6.07, 6.45) is 3.31. The molecule has 1 aromatic carbocycles. The first kappa shape index (κ1) is 15.2. The smallest absolute Gasteiger partial charge is 0.243 e. The lowest BCUT2D eigenvalue weighted by Crippen LogP contribution is -2.46. The molecule has 5 nitrogen and oxygen atoms in total. The zero-order valence-electron chi connectivity index (χ0n) is 10.8. The Bertz CT molecular complexity index is 694. The van der Waals surface area contributed by atoms with Crippen molar-refractivity contribution in [1.82, 2.24) is 14.6 Å². The molecular formula is C13H16ClN3O2S. The monoisotopic (exact) mass is 313 g/mol. The van der Waals surface area contributed by atoms with E-state index in [1.54, 1.807) is 34.9 Å². The number of rotatable bonds is 2. The van der Waals surface area contributed by atoms with Gasteiger partial charge in [-0.25, -0.2) is 8.42 Å². The molecular weight excluding hydrogens is 298 g/mol. The quantitative estimate of drug-likeness (QED) is 0.906. The first-order chi connectivity index (χ1) is 9.19. The molecule has 1 aliphatic heterocycles. The molecule has 1 saturated heterocycles. The van der Waals surface area contributed by atoms with E-state index in [4.69, 9.17) is 0 Å². The van der Waals surface area contributed by atoms with Crippen molar-refractivity contribution in [3.8, 4) is 0 Å². The van der Waals surface area contributed by atoms with Crippen LogP contribution in [0.3, 0.4) is 0 Å². The van der Waals surface area contributed by atoms with Crippen LogP contribution in [0, 0.1) is 0 Å². The number of hydrogen-bond acceptors (Lipinski definition) is 4. The fourth-order valence-electron chi connectivity index (χ4n) is 2.34. The van der Waals surface area contributed by atoms with E-state index in [0.717, 1.165) is 10.8 Å². The molecule has 2 heterocycles. The first-order valence-electron chi connectivity index (χ1n) is 6.23. The lowest BCUT2D eigenvalue weighted by molar-refractivity contribution is 0.360. The van der Waals surface area contributed by atoms with Gasteiger partial charge in [0.1, 0.15) is 0 Å². The van der Waals surface area contributed by atoms with Gasteiger partial charge in [0.2, 0.25) is 10.0 Å². The number of fused-ring (bicyclic) bond motifs is 1. The van der Waals surface area contributed by atoms with Crippen LogP contribution in [0.5, 0.6) is 0 Å². The van der Waals surface area contributed by atoms with Crippen molar-refractivity contribution in [2.75, 3.05) is 26.2 Å². The maximum atomic E-state index is 12.7. The van der Waals surface area contributed by atoms with Gasteiger partial charge in [0.05, 0.1) is 4.90 Å². The lowest BCUT2D eigenvalue weighted by Gasteiger charge is -2.27. The van der Waals surface area contributed by atoms with Gasteiger partial charge in [-0.3, -0.25) is 4.98 Å². The molecule has 0 aliphatic carbocycles. The minimum absolute atomic E-state index is 0. The third kappa shape index (κ3) is 2.64. The summed E-state index contributed by atoms with van der Waals surface area (Å²) in [6, 6.07) is 7.06. The van der Waals surface area contributed by atoms with E-state index in [2.05, 4.69) is 10.3 Å². The largest absolute Gasteiger partial charge is 0.314 e. The van der Waals surface area contributed by atoms with Crippen molar-refractivity contribution in [3.05, 3.63) is 36.7 Å². The Morgan fingerprint density at radius 3 is 2.65 bits per heavy atom. The number of sulfonamides is 1. The van der Waals surface area contributed by atoms with Gasteiger partial charge in [-0.2, -0.15) is 4.31 Å². The SMILES string of the molecule is Cl.O=S(=O)(c1cccc2cnccc12)N1CCNCC1. The summed E-state index contributed by atoms with van der Waals surface area (Å²) < 4.78 is 26.9. The Morgan fingerprint density at radius 1 is 1.15 bits per heavy atom. The van der Waals surface area contributed by atoms with E-state index in [1.165, 1.54) is 0 Å². The van der Waals surface area contributed by atoms with Crippen molar-refractivity contribution in [2.45, 2.75) is 4.90 Å². The van der Waals surface area contributed by atoms with Crippen LogP contribution >= 0.6 is 12.4 Å². The van der Waals surface area contributed by atoms with Crippen LogP contribution in [0.1, 0.15) is 0 Å². The summed E-state index contributed by atoms with van der Waals surface area (Å²) >= 11 is 0. The molecule has 1 aromatic heterocycles. The summed E-state index contributed by atoms with van der Waals surface area (Å²) in [7, 11) is -3.42. The summed E-state index contributed by atoms with van der Waals surface area (Å²) in [5, 5.41) is 4.74. The highest BCUT2D eigenvalue weighted by Crippen LogP contribution is 2.25. The highest BCUT2D eigenvalue weighted by atomic mass is 35.5. The molecule has 0 amide bonds. The van der Waals surface area contributed by atoms with E-state index in [1.807, 2.05) is 6.07 Å². The van der Waals surface area contributed by atoms with Crippen molar-refractivity contribution in [3.63, 3.8) is 0 Å². The maximum Gasteiger partial charge on any atom is 0.243 e. The Morgan fingerprint density at radius 2 is 1.90 bits per heavy atom. The van der Waals surface area contributed by atoms with E-state index in [-0.39, 0.29) is 12.4 Å². The third-order valence-electron chi connectivity index (χ3n) is 3.33. The average molecular weight is 314 g/mol. The van der Waals surface area contributed by atoms with E-state index < -0.39 is 10.0 Å². The molecule has 20 heavy (non-hydrogen) atoms. The van der Waals surface area contributed by atoms with Gasteiger partial charge >= 0.3 is 0 Å². The van der Waals surface area contributed by atoms with Gasteiger partial charge in [-0.1, -0.05) is 12.1 Å². The average Bonchev–Trinajstić information content (AvgIpc) is 2.47. The Labute approximate surface area is 124 Å². The number of halogens is 1. The van der Waals surface area contributed by atoms with Crippen molar-refractivity contribution in [1.29, 1.82) is 0 Å². The number of benzene rings is 1. The molecule has 1 aliphatic rings. The molecule has 0 bridgehead atoms. The van der Waals surface area contributed by atoms with Crippen LogP contribution in [-0.4, -0.2) is 43.9 Å². The number of nitrogens with zero attached hydrogens (tertiary/aromatic N) is 2. The third-order valence-corrected chi connectivity index (χ3v) is 5.29. The van der Waals surface area contributed by atoms with Gasteiger partial charge in [-0.05, 0) is 12.1 Å². The molecule has 2 aromatic rings. The lowest BCUT2D eigenvalue weighted by atomic mass is 10.2. The summed E-state index contributed by atoms with van der Waals surface area (Å²) in [5.41, 5.74) is 0. The van der Waals surface area contributed by atoms with Gasteiger partial charge in [-0.15, -0.1) is 12.4 Å². The fourth-order valence-corrected chi connectivity index (χ4v) is 4.00. The molecule has 3 rings (SSSR count). The van der Waals surface area contributed by atoms with Crippen LogP contribution in [0.4, 0.5) is 0 Å². The Kier molecular flexibility index (Phi) is 4.59. The van der Waals surface area contributed by atoms with Gasteiger partial charge in [0.15, 0.2) is 0 Å². The minimum atomic E-state index is -3.42. The highest BCUT2D eigenvalue weighted by molar-refractivity contribution is 7.89. The van der Waals surface area contributed by atoms with Gasteiger partial charge < -0.3 is 5.32 Å². The number of hydrogen-bond donors (Lipinski definition) is 1. The number of pyridine rings is 1. The highest BCUT2D eigenvalue weighted by Gasteiger charge is 2.27. The molecule has 1 N–H and O–H groups in total. The Balaban J connectivity index is 0.00000147. The second-order valence-corrected chi connectivity index (χ2v) is 6.41. The van der Waals surface area contributed by atoms with Crippen LogP contribution in [0.25, 0.3) is 10.8 Å². The first-order valence-corrected chi connectivity index (χ1v) is 7.67. The van der Waals surface area contributed by atoms with E-state index >= 15 is 0 Å². The normalized spacial score (nSPS) is 16.8. The van der Waals surface area contributed by atoms with Crippen LogP contribution in [0.15, 0.2) is 41.6 Å². The van der Waals surface area contributed by atoms with Crippen molar-refractivity contribution >= 4 is 33.2 Å². The zero-order chi connectivity index (χ0) is 13.3. The van der Waals surface area contributed by atoms with Crippen LogP contribution in [-0.2, 0) is 10.0 Å². The molecule has 0 radical (unpaired) electrons. The van der Waals surface area contributed by atoms with E-state index in [9.17, 15) is 8.42 Å². The molecule has 1 fully saturated rings. The fraction of sp³-hybridized carbons (Fsp3) is 0.308. The minimum Gasteiger partial charge on any atom is -0.314 e. The molecule has 7 heteroatoms. The number of piperazine rings is 1. The van der Waals surface area contributed by atoms with E-state index in [0.29, 0.717) is 31.1 Å². The molecule has 0 spiro atoms. The van der Waals surface area contributed by atoms with Crippen molar-refractivity contribution in [2.24, 2.45) is 0 Å².